The van der Waals surface area contributed by atoms with Crippen LogP contribution in [-0.4, -0.2) is 22.7 Å². The number of aromatic carboxylic acids is 1. The number of rotatable bonds is 6. The van der Waals surface area contributed by atoms with Crippen LogP contribution in [0.4, 0.5) is 0 Å². The summed E-state index contributed by atoms with van der Waals surface area (Å²) in [7, 11) is 0. The quantitative estimate of drug-likeness (QED) is 0.401. The molecule has 0 unspecified atom stereocenters. The highest BCUT2D eigenvalue weighted by Gasteiger charge is 2.21. The van der Waals surface area contributed by atoms with Crippen LogP contribution in [-0.2, 0) is 0 Å². The van der Waals surface area contributed by atoms with Crippen molar-refractivity contribution < 1.29 is 19.1 Å². The lowest BCUT2D eigenvalue weighted by Crippen LogP contribution is -2.05. The van der Waals surface area contributed by atoms with Crippen LogP contribution in [0.15, 0.2) is 46.9 Å². The second-order valence-electron chi connectivity index (χ2n) is 7.22. The number of aromatic nitrogens is 1. The van der Waals surface area contributed by atoms with Crippen molar-refractivity contribution in [2.75, 3.05) is 6.61 Å². The summed E-state index contributed by atoms with van der Waals surface area (Å²) in [5.74, 6) is 0.164. The van der Waals surface area contributed by atoms with Crippen LogP contribution < -0.4 is 4.74 Å². The van der Waals surface area contributed by atoms with E-state index in [0.717, 1.165) is 34.9 Å². The number of carboxylic acid groups (broad SMARTS) is 1. The number of aryl methyl sites for hydroxylation is 2. The van der Waals surface area contributed by atoms with E-state index in [1.54, 1.807) is 6.07 Å². The summed E-state index contributed by atoms with van der Waals surface area (Å²) >= 11 is 0. The first-order chi connectivity index (χ1) is 14.0. The smallest absolute Gasteiger partial charge is 0.336 e. The molecule has 2 aromatic carbocycles. The Morgan fingerprint density at radius 3 is 2.69 bits per heavy atom. The Bertz CT molecular complexity index is 1220. The first kappa shape index (κ1) is 19.0. The van der Waals surface area contributed by atoms with Gasteiger partial charge in [-0.05, 0) is 44.0 Å². The Morgan fingerprint density at radius 2 is 1.97 bits per heavy atom. The van der Waals surface area contributed by atoms with E-state index in [4.69, 9.17) is 14.1 Å². The summed E-state index contributed by atoms with van der Waals surface area (Å²) in [4.78, 5) is 16.9. The molecule has 0 radical (unpaired) electrons. The zero-order valence-electron chi connectivity index (χ0n) is 16.8. The van der Waals surface area contributed by atoms with Crippen LogP contribution in [0.25, 0.3) is 33.3 Å². The second-order valence-corrected chi connectivity index (χ2v) is 7.22. The summed E-state index contributed by atoms with van der Waals surface area (Å²) < 4.78 is 12.0. The SMILES string of the molecule is CCCCOc1c(C)ccc2nc(-c3oc4ccccc4c3C)cc(C(=O)O)c12. The third-order valence-corrected chi connectivity index (χ3v) is 5.17. The molecule has 5 heteroatoms. The van der Waals surface area contributed by atoms with Gasteiger partial charge in [-0.1, -0.05) is 37.6 Å². The van der Waals surface area contributed by atoms with Gasteiger partial charge in [-0.25, -0.2) is 9.78 Å². The molecule has 148 valence electrons. The predicted molar refractivity (Wildman–Crippen MR) is 114 cm³/mol. The average molecular weight is 389 g/mol. The lowest BCUT2D eigenvalue weighted by Gasteiger charge is -2.14. The standard InChI is InChI=1S/C24H23NO4/c1-4-5-12-28-22-14(2)10-11-18-21(22)17(24(26)27)13-19(25-18)23-15(3)16-8-6-7-9-20(16)29-23/h6-11,13H,4-5,12H2,1-3H3,(H,26,27). The van der Waals surface area contributed by atoms with Gasteiger partial charge in [-0.15, -0.1) is 0 Å². The Hall–Kier alpha value is -3.34. The topological polar surface area (TPSA) is 72.6 Å². The number of furan rings is 1. The minimum absolute atomic E-state index is 0.167. The molecule has 0 aliphatic rings. The van der Waals surface area contributed by atoms with Gasteiger partial charge in [-0.2, -0.15) is 0 Å². The molecule has 0 bridgehead atoms. The van der Waals surface area contributed by atoms with E-state index in [1.165, 1.54) is 0 Å². The van der Waals surface area contributed by atoms with E-state index < -0.39 is 5.97 Å². The number of nitrogens with zero attached hydrogens (tertiary/aromatic N) is 1. The fourth-order valence-electron chi connectivity index (χ4n) is 3.61. The molecule has 0 saturated carbocycles. The molecular weight excluding hydrogens is 366 g/mol. The minimum atomic E-state index is -1.02. The van der Waals surface area contributed by atoms with Crippen molar-refractivity contribution in [2.24, 2.45) is 0 Å². The average Bonchev–Trinajstić information content (AvgIpc) is 3.06. The zero-order valence-corrected chi connectivity index (χ0v) is 16.8. The van der Waals surface area contributed by atoms with E-state index in [2.05, 4.69) is 6.92 Å². The van der Waals surface area contributed by atoms with Crippen LogP contribution in [0.5, 0.6) is 5.75 Å². The first-order valence-electron chi connectivity index (χ1n) is 9.80. The van der Waals surface area contributed by atoms with E-state index in [1.807, 2.05) is 50.2 Å². The van der Waals surface area contributed by atoms with Gasteiger partial charge in [0.1, 0.15) is 17.0 Å². The van der Waals surface area contributed by atoms with Gasteiger partial charge in [0.15, 0.2) is 5.76 Å². The maximum absolute atomic E-state index is 12.1. The van der Waals surface area contributed by atoms with Crippen molar-refractivity contribution in [1.82, 2.24) is 4.98 Å². The maximum atomic E-state index is 12.1. The molecule has 4 rings (SSSR count). The van der Waals surface area contributed by atoms with Crippen LogP contribution in [0.1, 0.15) is 41.3 Å². The minimum Gasteiger partial charge on any atom is -0.493 e. The van der Waals surface area contributed by atoms with E-state index in [-0.39, 0.29) is 5.56 Å². The molecule has 0 spiro atoms. The van der Waals surface area contributed by atoms with Crippen molar-refractivity contribution in [1.29, 1.82) is 0 Å². The summed E-state index contributed by atoms with van der Waals surface area (Å²) in [5, 5.41) is 11.5. The van der Waals surface area contributed by atoms with Gasteiger partial charge >= 0.3 is 5.97 Å². The maximum Gasteiger partial charge on any atom is 0.336 e. The summed E-state index contributed by atoms with van der Waals surface area (Å²) in [6.07, 6.45) is 1.91. The monoisotopic (exact) mass is 389 g/mol. The normalized spacial score (nSPS) is 11.3. The van der Waals surface area contributed by atoms with Crippen molar-refractivity contribution in [3.05, 3.63) is 59.2 Å². The van der Waals surface area contributed by atoms with E-state index in [0.29, 0.717) is 34.7 Å². The fraction of sp³-hybridized carbons (Fsp3) is 0.250. The number of benzene rings is 2. The molecule has 0 amide bonds. The molecule has 4 aromatic rings. The Kier molecular flexibility index (Phi) is 4.97. The molecule has 0 fully saturated rings. The van der Waals surface area contributed by atoms with Gasteiger partial charge in [-0.3, -0.25) is 0 Å². The Balaban J connectivity index is 1.95. The number of ether oxygens (including phenoxy) is 1. The molecule has 2 heterocycles. The first-order valence-corrected chi connectivity index (χ1v) is 9.80. The van der Waals surface area contributed by atoms with E-state index >= 15 is 0 Å². The van der Waals surface area contributed by atoms with Gasteiger partial charge < -0.3 is 14.3 Å². The number of unbranched alkanes of at least 4 members (excludes halogenated alkanes) is 1. The number of carboxylic acids is 1. The molecule has 29 heavy (non-hydrogen) atoms. The van der Waals surface area contributed by atoms with E-state index in [9.17, 15) is 9.90 Å². The predicted octanol–water partition coefficient (Wildman–Crippen LogP) is 6.14. The van der Waals surface area contributed by atoms with Crippen molar-refractivity contribution in [3.8, 4) is 17.2 Å². The van der Waals surface area contributed by atoms with Crippen LogP contribution in [0, 0.1) is 13.8 Å². The Labute approximate surface area is 168 Å². The third kappa shape index (κ3) is 3.33. The molecule has 5 nitrogen and oxygen atoms in total. The summed E-state index contributed by atoms with van der Waals surface area (Å²) in [6, 6.07) is 13.1. The van der Waals surface area contributed by atoms with Gasteiger partial charge in [0.05, 0.1) is 23.1 Å². The van der Waals surface area contributed by atoms with Crippen LogP contribution in [0.3, 0.4) is 0 Å². The molecule has 0 atom stereocenters. The number of pyridine rings is 1. The molecule has 0 saturated heterocycles. The highest BCUT2D eigenvalue weighted by molar-refractivity contribution is 6.07. The second kappa shape index (κ2) is 7.59. The highest BCUT2D eigenvalue weighted by atomic mass is 16.5. The van der Waals surface area contributed by atoms with Crippen molar-refractivity contribution in [3.63, 3.8) is 0 Å². The summed E-state index contributed by atoms with van der Waals surface area (Å²) in [5.41, 5.74) is 3.84. The van der Waals surface area contributed by atoms with Gasteiger partial charge in [0.2, 0.25) is 0 Å². The van der Waals surface area contributed by atoms with Crippen LogP contribution >= 0.6 is 0 Å². The van der Waals surface area contributed by atoms with Gasteiger partial charge in [0, 0.05) is 10.9 Å². The highest BCUT2D eigenvalue weighted by Crippen LogP contribution is 2.37. The largest absolute Gasteiger partial charge is 0.493 e. The zero-order chi connectivity index (χ0) is 20.5. The molecule has 1 N–H and O–H groups in total. The van der Waals surface area contributed by atoms with Crippen LogP contribution in [0.2, 0.25) is 0 Å². The number of hydrogen-bond acceptors (Lipinski definition) is 4. The van der Waals surface area contributed by atoms with Crippen molar-refractivity contribution >= 4 is 27.8 Å². The molecule has 0 aliphatic carbocycles. The number of hydrogen-bond donors (Lipinski definition) is 1. The molecule has 0 aliphatic heterocycles. The van der Waals surface area contributed by atoms with Gasteiger partial charge in [0.25, 0.3) is 0 Å². The number of para-hydroxylation sites is 1. The van der Waals surface area contributed by atoms with Crippen molar-refractivity contribution in [2.45, 2.75) is 33.6 Å². The fourth-order valence-corrected chi connectivity index (χ4v) is 3.61. The molecular formula is C24H23NO4. The molecule has 2 aromatic heterocycles. The number of fused-ring (bicyclic) bond motifs is 2. The number of carbonyl (C=O) groups is 1. The summed E-state index contributed by atoms with van der Waals surface area (Å²) in [6.45, 7) is 6.51. The lowest BCUT2D eigenvalue weighted by atomic mass is 10.0. The Morgan fingerprint density at radius 1 is 1.17 bits per heavy atom. The third-order valence-electron chi connectivity index (χ3n) is 5.17. The lowest BCUT2D eigenvalue weighted by molar-refractivity contribution is 0.0698.